The molecule has 1 atom stereocenters. The van der Waals surface area contributed by atoms with Crippen LogP contribution >= 0.6 is 15.9 Å². The van der Waals surface area contributed by atoms with E-state index in [0.29, 0.717) is 12.2 Å². The van der Waals surface area contributed by atoms with Crippen LogP contribution in [0, 0.1) is 5.82 Å². The first kappa shape index (κ1) is 14.0. The van der Waals surface area contributed by atoms with E-state index in [4.69, 9.17) is 10.5 Å². The van der Waals surface area contributed by atoms with Crippen LogP contribution in [-0.4, -0.2) is 42.5 Å². The molecule has 1 heterocycles. The summed E-state index contributed by atoms with van der Waals surface area (Å²) in [6.45, 7) is 0.711. The number of carbonyl (C=O) groups excluding carboxylic acids is 2. The van der Waals surface area contributed by atoms with Crippen molar-refractivity contribution in [3.8, 4) is 0 Å². The number of nitrogens with zero attached hydrogens (tertiary/aromatic N) is 1. The van der Waals surface area contributed by atoms with Crippen molar-refractivity contribution in [3.63, 3.8) is 0 Å². The summed E-state index contributed by atoms with van der Waals surface area (Å²) in [5.74, 6) is -1.44. The van der Waals surface area contributed by atoms with E-state index in [1.165, 1.54) is 23.1 Å². The highest BCUT2D eigenvalue weighted by molar-refractivity contribution is 9.10. The van der Waals surface area contributed by atoms with Gasteiger partial charge in [-0.2, -0.15) is 0 Å². The first-order chi connectivity index (χ1) is 9.00. The van der Waals surface area contributed by atoms with Gasteiger partial charge in [0.15, 0.2) is 0 Å². The highest BCUT2D eigenvalue weighted by atomic mass is 79.9. The van der Waals surface area contributed by atoms with Crippen LogP contribution in [0.25, 0.3) is 0 Å². The normalized spacial score (nSPS) is 19.3. The minimum Gasteiger partial charge on any atom is -0.377 e. The third-order valence-electron chi connectivity index (χ3n) is 2.88. The van der Waals surface area contributed by atoms with E-state index < -0.39 is 17.8 Å². The maximum absolute atomic E-state index is 13.1. The van der Waals surface area contributed by atoms with E-state index in [2.05, 4.69) is 15.9 Å². The molecule has 1 aliphatic rings. The Morgan fingerprint density at radius 3 is 2.84 bits per heavy atom. The van der Waals surface area contributed by atoms with Crippen molar-refractivity contribution in [2.75, 3.05) is 19.8 Å². The Bertz CT molecular complexity index is 524. The second kappa shape index (κ2) is 5.66. The van der Waals surface area contributed by atoms with Crippen molar-refractivity contribution in [3.05, 3.63) is 34.1 Å². The second-order valence-corrected chi connectivity index (χ2v) is 4.97. The Hall–Kier alpha value is -1.47. The van der Waals surface area contributed by atoms with Gasteiger partial charge < -0.3 is 15.4 Å². The van der Waals surface area contributed by atoms with Gasteiger partial charge in [-0.05, 0) is 34.1 Å². The zero-order chi connectivity index (χ0) is 14.0. The van der Waals surface area contributed by atoms with E-state index in [9.17, 15) is 14.0 Å². The third-order valence-corrected chi connectivity index (χ3v) is 3.49. The number of morpholine rings is 1. The minimum absolute atomic E-state index is 0.0867. The number of carbonyl (C=O) groups is 2. The minimum atomic E-state index is -0.787. The van der Waals surface area contributed by atoms with Crippen molar-refractivity contribution in [2.24, 2.45) is 5.73 Å². The highest BCUT2D eigenvalue weighted by Gasteiger charge is 2.32. The van der Waals surface area contributed by atoms with Crippen molar-refractivity contribution in [1.29, 1.82) is 0 Å². The smallest absolute Gasteiger partial charge is 0.254 e. The van der Waals surface area contributed by atoms with Gasteiger partial charge in [0, 0.05) is 12.1 Å². The van der Waals surface area contributed by atoms with Gasteiger partial charge in [0.05, 0.1) is 17.7 Å². The van der Waals surface area contributed by atoms with E-state index in [0.717, 1.165) is 0 Å². The van der Waals surface area contributed by atoms with Gasteiger partial charge in [-0.25, -0.2) is 4.39 Å². The molecule has 102 valence electrons. The van der Waals surface area contributed by atoms with Crippen molar-refractivity contribution >= 4 is 27.7 Å². The molecule has 1 aliphatic heterocycles. The maximum atomic E-state index is 13.1. The summed E-state index contributed by atoms with van der Waals surface area (Å²) in [5.41, 5.74) is 5.54. The lowest BCUT2D eigenvalue weighted by Gasteiger charge is -2.33. The SMILES string of the molecule is NC(=O)C1COCCN1C(=O)c1ccc(F)c(Br)c1. The number of ether oxygens (including phenoxy) is 1. The van der Waals surface area contributed by atoms with E-state index in [1.54, 1.807) is 0 Å². The largest absolute Gasteiger partial charge is 0.377 e. The fraction of sp³-hybridized carbons (Fsp3) is 0.333. The molecular formula is C12H12BrFN2O3. The first-order valence-corrected chi connectivity index (χ1v) is 6.43. The fourth-order valence-corrected chi connectivity index (χ4v) is 2.26. The summed E-state index contributed by atoms with van der Waals surface area (Å²) < 4.78 is 18.5. The molecule has 0 radical (unpaired) electrons. The van der Waals surface area contributed by atoms with Crippen LogP contribution in [0.2, 0.25) is 0 Å². The van der Waals surface area contributed by atoms with Crippen molar-refractivity contribution < 1.29 is 18.7 Å². The average molecular weight is 331 g/mol. The summed E-state index contributed by atoms with van der Waals surface area (Å²) in [7, 11) is 0. The molecule has 1 unspecified atom stereocenters. The highest BCUT2D eigenvalue weighted by Crippen LogP contribution is 2.19. The van der Waals surface area contributed by atoms with Crippen LogP contribution < -0.4 is 5.73 Å². The topological polar surface area (TPSA) is 72.6 Å². The van der Waals surface area contributed by atoms with E-state index >= 15 is 0 Å². The molecule has 1 fully saturated rings. The number of halogens is 2. The molecule has 1 aromatic carbocycles. The van der Waals surface area contributed by atoms with Gasteiger partial charge in [-0.1, -0.05) is 0 Å². The van der Waals surface area contributed by atoms with Crippen LogP contribution in [-0.2, 0) is 9.53 Å². The van der Waals surface area contributed by atoms with Gasteiger partial charge in [0.1, 0.15) is 11.9 Å². The maximum Gasteiger partial charge on any atom is 0.254 e. The Morgan fingerprint density at radius 2 is 2.21 bits per heavy atom. The summed E-state index contributed by atoms with van der Waals surface area (Å²) in [6.07, 6.45) is 0. The third kappa shape index (κ3) is 2.93. The summed E-state index contributed by atoms with van der Waals surface area (Å²) in [4.78, 5) is 25.0. The molecule has 0 aromatic heterocycles. The average Bonchev–Trinajstić information content (AvgIpc) is 2.41. The molecule has 5 nitrogen and oxygen atoms in total. The predicted molar refractivity (Wildman–Crippen MR) is 68.9 cm³/mol. The van der Waals surface area contributed by atoms with E-state index in [-0.39, 0.29) is 23.5 Å². The number of nitrogens with two attached hydrogens (primary N) is 1. The lowest BCUT2D eigenvalue weighted by atomic mass is 10.1. The molecule has 2 amide bonds. The Morgan fingerprint density at radius 1 is 1.47 bits per heavy atom. The van der Waals surface area contributed by atoms with Crippen LogP contribution in [0.3, 0.4) is 0 Å². The van der Waals surface area contributed by atoms with Crippen LogP contribution in [0.5, 0.6) is 0 Å². The van der Waals surface area contributed by atoms with Crippen molar-refractivity contribution in [2.45, 2.75) is 6.04 Å². The molecule has 1 saturated heterocycles. The van der Waals surface area contributed by atoms with Gasteiger partial charge >= 0.3 is 0 Å². The molecule has 19 heavy (non-hydrogen) atoms. The Balaban J connectivity index is 2.26. The lowest BCUT2D eigenvalue weighted by molar-refractivity contribution is -0.127. The first-order valence-electron chi connectivity index (χ1n) is 5.64. The number of benzene rings is 1. The fourth-order valence-electron chi connectivity index (χ4n) is 1.88. The van der Waals surface area contributed by atoms with Crippen LogP contribution in [0.4, 0.5) is 4.39 Å². The lowest BCUT2D eigenvalue weighted by Crippen LogP contribution is -2.54. The summed E-state index contributed by atoms with van der Waals surface area (Å²) in [6, 6.07) is 3.16. The molecule has 7 heteroatoms. The van der Waals surface area contributed by atoms with Crippen LogP contribution in [0.15, 0.2) is 22.7 Å². The van der Waals surface area contributed by atoms with Gasteiger partial charge in [0.25, 0.3) is 5.91 Å². The monoisotopic (exact) mass is 330 g/mol. The summed E-state index contributed by atoms with van der Waals surface area (Å²) >= 11 is 3.02. The number of hydrogen-bond acceptors (Lipinski definition) is 3. The molecule has 0 spiro atoms. The molecule has 2 rings (SSSR count). The molecule has 0 aliphatic carbocycles. The van der Waals surface area contributed by atoms with E-state index in [1.807, 2.05) is 0 Å². The number of hydrogen-bond donors (Lipinski definition) is 1. The predicted octanol–water partition coefficient (Wildman–Crippen LogP) is 0.915. The molecular weight excluding hydrogens is 319 g/mol. The van der Waals surface area contributed by atoms with Gasteiger partial charge in [-0.15, -0.1) is 0 Å². The van der Waals surface area contributed by atoms with Gasteiger partial charge in [0.2, 0.25) is 5.91 Å². The zero-order valence-corrected chi connectivity index (χ0v) is 11.5. The quantitative estimate of drug-likeness (QED) is 0.876. The second-order valence-electron chi connectivity index (χ2n) is 4.12. The summed E-state index contributed by atoms with van der Waals surface area (Å²) in [5, 5.41) is 0. The van der Waals surface area contributed by atoms with Crippen LogP contribution in [0.1, 0.15) is 10.4 Å². The van der Waals surface area contributed by atoms with Crippen molar-refractivity contribution in [1.82, 2.24) is 4.90 Å². The molecule has 1 aromatic rings. The Labute approximate surface area is 117 Å². The number of amides is 2. The zero-order valence-electron chi connectivity index (χ0n) is 9.94. The number of primary amides is 1. The molecule has 0 saturated carbocycles. The molecule has 0 bridgehead atoms. The Kier molecular flexibility index (Phi) is 4.16. The standard InChI is InChI=1S/C12H12BrFN2O3/c13-8-5-7(1-2-9(8)14)12(18)16-3-4-19-6-10(16)11(15)17/h1-2,5,10H,3-4,6H2,(H2,15,17). The number of rotatable bonds is 2. The molecule has 2 N–H and O–H groups in total. The van der Waals surface area contributed by atoms with Gasteiger partial charge in [-0.3, -0.25) is 9.59 Å².